The zero-order valence-corrected chi connectivity index (χ0v) is 16.8. The molecule has 0 bridgehead atoms. The van der Waals surface area contributed by atoms with Crippen LogP contribution in [0.3, 0.4) is 0 Å². The van der Waals surface area contributed by atoms with Gasteiger partial charge in [0.25, 0.3) is 5.76 Å². The number of imidazole rings is 1. The fourth-order valence-electron chi connectivity index (χ4n) is 3.81. The third-order valence-electron chi connectivity index (χ3n) is 5.02. The van der Waals surface area contributed by atoms with Gasteiger partial charge in [-0.05, 0) is 36.0 Å². The van der Waals surface area contributed by atoms with Crippen molar-refractivity contribution >= 4 is 22.8 Å². The van der Waals surface area contributed by atoms with Crippen molar-refractivity contribution in [1.29, 1.82) is 0 Å². The van der Waals surface area contributed by atoms with Crippen molar-refractivity contribution in [3.05, 3.63) is 47.5 Å². The van der Waals surface area contributed by atoms with Gasteiger partial charge in [0.2, 0.25) is 0 Å². The van der Waals surface area contributed by atoms with Gasteiger partial charge in [0.05, 0.1) is 38.0 Å². The lowest BCUT2D eigenvalue weighted by Gasteiger charge is -2.34. The standard InChI is InChI=1S/C20H21F2N3O3S/c1-27-16-7-8-17(28-2)18-12(16)9-24(10-15(18)26)11-25-14-6-4-3-5-13(14)23-20(25)29-19(21)22/h3-8,15,19,26H,9-11H2,1-2H3/t15-/m0/s1. The Balaban J connectivity index is 1.70. The number of hydrogen-bond acceptors (Lipinski definition) is 6. The van der Waals surface area contributed by atoms with Gasteiger partial charge in [-0.3, -0.25) is 4.90 Å². The molecule has 6 nitrogen and oxygen atoms in total. The fraction of sp³-hybridized carbons (Fsp3) is 0.350. The number of methoxy groups -OCH3 is 2. The quantitative estimate of drug-likeness (QED) is 0.610. The normalized spacial score (nSPS) is 17.0. The topological polar surface area (TPSA) is 59.8 Å². The van der Waals surface area contributed by atoms with E-state index < -0.39 is 11.9 Å². The Morgan fingerprint density at radius 2 is 1.90 bits per heavy atom. The number of aliphatic hydroxyl groups is 1. The van der Waals surface area contributed by atoms with Crippen LogP contribution in [0.5, 0.6) is 11.5 Å². The molecule has 1 atom stereocenters. The molecular formula is C20H21F2N3O3S. The summed E-state index contributed by atoms with van der Waals surface area (Å²) in [6, 6.07) is 10.9. The van der Waals surface area contributed by atoms with E-state index in [1.807, 2.05) is 23.1 Å². The van der Waals surface area contributed by atoms with E-state index in [0.29, 0.717) is 54.1 Å². The maximum atomic E-state index is 13.1. The highest BCUT2D eigenvalue weighted by molar-refractivity contribution is 7.99. The SMILES string of the molecule is COc1ccc(OC)c2c1CN(Cn1c(SC(F)F)nc3ccccc31)C[C@@H]2O. The van der Waals surface area contributed by atoms with Crippen molar-refractivity contribution in [1.82, 2.24) is 14.5 Å². The Hall–Kier alpha value is -2.36. The van der Waals surface area contributed by atoms with Crippen molar-refractivity contribution in [2.24, 2.45) is 0 Å². The summed E-state index contributed by atoms with van der Waals surface area (Å²) in [7, 11) is 3.14. The second kappa shape index (κ2) is 8.17. The molecule has 2 heterocycles. The van der Waals surface area contributed by atoms with Crippen molar-refractivity contribution in [2.75, 3.05) is 20.8 Å². The lowest BCUT2D eigenvalue weighted by Crippen LogP contribution is -2.35. The third kappa shape index (κ3) is 3.77. The number of nitrogens with zero attached hydrogens (tertiary/aromatic N) is 3. The number of aromatic nitrogens is 2. The van der Waals surface area contributed by atoms with Gasteiger partial charge in [0.1, 0.15) is 11.5 Å². The molecule has 4 rings (SSSR count). The maximum Gasteiger partial charge on any atom is 0.291 e. The van der Waals surface area contributed by atoms with Gasteiger partial charge < -0.3 is 19.1 Å². The molecule has 1 aliphatic heterocycles. The highest BCUT2D eigenvalue weighted by atomic mass is 32.2. The molecule has 1 aromatic heterocycles. The van der Waals surface area contributed by atoms with Crippen LogP contribution in [0.4, 0.5) is 8.78 Å². The molecule has 154 valence electrons. The van der Waals surface area contributed by atoms with E-state index >= 15 is 0 Å². The molecule has 0 saturated heterocycles. The Labute approximate surface area is 171 Å². The van der Waals surface area contributed by atoms with Crippen molar-refractivity contribution in [2.45, 2.75) is 30.2 Å². The molecule has 1 N–H and O–H groups in total. The predicted octanol–water partition coefficient (Wildman–Crippen LogP) is 3.87. The average Bonchev–Trinajstić information content (AvgIpc) is 3.03. The van der Waals surface area contributed by atoms with Gasteiger partial charge in [-0.2, -0.15) is 8.78 Å². The minimum Gasteiger partial charge on any atom is -0.496 e. The van der Waals surface area contributed by atoms with Crippen LogP contribution in [0.1, 0.15) is 17.2 Å². The van der Waals surface area contributed by atoms with Crippen LogP contribution in [0.25, 0.3) is 11.0 Å². The number of ether oxygens (including phenoxy) is 2. The molecule has 0 saturated carbocycles. The number of rotatable bonds is 6. The van der Waals surface area contributed by atoms with E-state index in [-0.39, 0.29) is 5.16 Å². The Morgan fingerprint density at radius 3 is 2.62 bits per heavy atom. The van der Waals surface area contributed by atoms with Crippen LogP contribution in [0.15, 0.2) is 41.6 Å². The number of hydrogen-bond donors (Lipinski definition) is 1. The number of para-hydroxylation sites is 2. The van der Waals surface area contributed by atoms with Crippen molar-refractivity contribution < 1.29 is 23.4 Å². The zero-order chi connectivity index (χ0) is 20.5. The Kier molecular flexibility index (Phi) is 5.62. The summed E-state index contributed by atoms with van der Waals surface area (Å²) < 4.78 is 38.8. The molecular weight excluding hydrogens is 400 g/mol. The smallest absolute Gasteiger partial charge is 0.291 e. The Bertz CT molecular complexity index is 1030. The summed E-state index contributed by atoms with van der Waals surface area (Å²) in [5.41, 5.74) is 2.97. The van der Waals surface area contributed by atoms with Crippen LogP contribution in [0.2, 0.25) is 0 Å². The number of β-amino-alcohol motifs (C(OH)–C–C–N with tert-alkyl or cyclic N) is 1. The number of fused-ring (bicyclic) bond motifs is 2. The van der Waals surface area contributed by atoms with Crippen molar-refractivity contribution in [3.8, 4) is 11.5 Å². The highest BCUT2D eigenvalue weighted by Crippen LogP contribution is 2.40. The van der Waals surface area contributed by atoms with Crippen molar-refractivity contribution in [3.63, 3.8) is 0 Å². The first-order chi connectivity index (χ1) is 14.0. The predicted molar refractivity (Wildman–Crippen MR) is 107 cm³/mol. The number of halogens is 2. The first kappa shape index (κ1) is 19.9. The molecule has 0 unspecified atom stereocenters. The summed E-state index contributed by atoms with van der Waals surface area (Å²) in [5, 5.41) is 11.0. The van der Waals surface area contributed by atoms with E-state index in [4.69, 9.17) is 9.47 Å². The molecule has 2 aromatic carbocycles. The van der Waals surface area contributed by atoms with Gasteiger partial charge in [-0.15, -0.1) is 0 Å². The molecule has 9 heteroatoms. The molecule has 0 amide bonds. The third-order valence-corrected chi connectivity index (χ3v) is 5.72. The van der Waals surface area contributed by atoms with Crippen LogP contribution in [-0.2, 0) is 13.2 Å². The highest BCUT2D eigenvalue weighted by Gasteiger charge is 2.30. The van der Waals surface area contributed by atoms with E-state index in [1.54, 1.807) is 37.0 Å². The second-order valence-corrected chi connectivity index (χ2v) is 7.68. The van der Waals surface area contributed by atoms with Crippen LogP contribution in [-0.4, -0.2) is 46.1 Å². The molecule has 0 fully saturated rings. The minimum absolute atomic E-state index is 0.249. The average molecular weight is 421 g/mol. The van der Waals surface area contributed by atoms with Crippen LogP contribution >= 0.6 is 11.8 Å². The first-order valence-electron chi connectivity index (χ1n) is 9.06. The Morgan fingerprint density at radius 1 is 1.17 bits per heavy atom. The second-order valence-electron chi connectivity index (χ2n) is 6.72. The molecule has 0 spiro atoms. The van der Waals surface area contributed by atoms with E-state index in [9.17, 15) is 13.9 Å². The maximum absolute atomic E-state index is 13.1. The van der Waals surface area contributed by atoms with E-state index in [2.05, 4.69) is 4.98 Å². The minimum atomic E-state index is -2.57. The van der Waals surface area contributed by atoms with Gasteiger partial charge in [-0.25, -0.2) is 4.98 Å². The largest absolute Gasteiger partial charge is 0.496 e. The van der Waals surface area contributed by atoms with Crippen LogP contribution < -0.4 is 9.47 Å². The monoisotopic (exact) mass is 421 g/mol. The molecule has 0 radical (unpaired) electrons. The summed E-state index contributed by atoms with van der Waals surface area (Å²) in [5.74, 6) is -1.31. The van der Waals surface area contributed by atoms with Crippen LogP contribution in [0, 0.1) is 0 Å². The molecule has 0 aliphatic carbocycles. The zero-order valence-electron chi connectivity index (χ0n) is 16.0. The molecule has 3 aromatic rings. The summed E-state index contributed by atoms with van der Waals surface area (Å²) >= 11 is 0.424. The van der Waals surface area contributed by atoms with Gasteiger partial charge >= 0.3 is 0 Å². The summed E-state index contributed by atoms with van der Waals surface area (Å²) in [6.07, 6.45) is -0.787. The number of aliphatic hydroxyl groups excluding tert-OH is 1. The van der Waals surface area contributed by atoms with E-state index in [1.165, 1.54) is 0 Å². The first-order valence-corrected chi connectivity index (χ1v) is 9.94. The van der Waals surface area contributed by atoms with Gasteiger partial charge in [-0.1, -0.05) is 12.1 Å². The fourth-order valence-corrected chi connectivity index (χ4v) is 4.41. The molecule has 29 heavy (non-hydrogen) atoms. The number of alkyl halides is 2. The summed E-state index contributed by atoms with van der Waals surface area (Å²) in [4.78, 5) is 6.34. The van der Waals surface area contributed by atoms with Gasteiger partial charge in [0, 0.05) is 24.2 Å². The van der Waals surface area contributed by atoms with Gasteiger partial charge in [0.15, 0.2) is 5.16 Å². The molecule has 1 aliphatic rings. The number of thioether (sulfide) groups is 1. The lowest BCUT2D eigenvalue weighted by atomic mass is 9.95. The van der Waals surface area contributed by atoms with E-state index in [0.717, 1.165) is 11.1 Å². The summed E-state index contributed by atoms with van der Waals surface area (Å²) in [6.45, 7) is 1.13. The number of benzene rings is 2. The lowest BCUT2D eigenvalue weighted by molar-refractivity contribution is 0.0693.